The van der Waals surface area contributed by atoms with Gasteiger partial charge in [0, 0.05) is 32.0 Å². The first-order chi connectivity index (χ1) is 13.5. The third-order valence-corrected chi connectivity index (χ3v) is 4.48. The Bertz CT molecular complexity index is 847. The van der Waals surface area contributed by atoms with Crippen LogP contribution in [0.2, 0.25) is 0 Å². The van der Waals surface area contributed by atoms with E-state index in [1.54, 1.807) is 43.2 Å². The number of ether oxygens (including phenoxy) is 2. The lowest BCUT2D eigenvalue weighted by Gasteiger charge is -2.19. The van der Waals surface area contributed by atoms with Gasteiger partial charge in [0.1, 0.15) is 5.75 Å². The number of carbonyl (C=O) groups excluding carboxylic acids is 2. The van der Waals surface area contributed by atoms with Crippen molar-refractivity contribution in [3.8, 4) is 5.75 Å². The molecule has 3 N–H and O–H groups in total. The normalized spacial score (nSPS) is 14.2. The van der Waals surface area contributed by atoms with E-state index in [9.17, 15) is 9.59 Å². The summed E-state index contributed by atoms with van der Waals surface area (Å²) in [6, 6.07) is 6.17. The zero-order chi connectivity index (χ0) is 20.1. The first kappa shape index (κ1) is 19.7. The SMILES string of the molecule is COCC(NC(=O)Nc1cc(C(=O)NC2CC2)ccc1OC)c1ccnn1C. The zero-order valence-corrected chi connectivity index (χ0v) is 16.2. The molecule has 1 unspecified atom stereocenters. The van der Waals surface area contributed by atoms with Gasteiger partial charge in [-0.3, -0.25) is 9.48 Å². The minimum atomic E-state index is -0.443. The van der Waals surface area contributed by atoms with Crippen molar-refractivity contribution in [3.05, 3.63) is 41.7 Å². The van der Waals surface area contributed by atoms with Crippen LogP contribution in [0.25, 0.3) is 0 Å². The van der Waals surface area contributed by atoms with Crippen LogP contribution in [0.5, 0.6) is 5.75 Å². The molecule has 1 aliphatic rings. The van der Waals surface area contributed by atoms with Gasteiger partial charge in [-0.25, -0.2) is 4.79 Å². The predicted octanol–water partition coefficient (Wildman–Crippen LogP) is 1.83. The third-order valence-electron chi connectivity index (χ3n) is 4.48. The highest BCUT2D eigenvalue weighted by molar-refractivity contribution is 5.98. The quantitative estimate of drug-likeness (QED) is 0.641. The molecule has 1 aliphatic carbocycles. The fourth-order valence-electron chi connectivity index (χ4n) is 2.85. The van der Waals surface area contributed by atoms with E-state index in [0.717, 1.165) is 18.5 Å². The van der Waals surface area contributed by atoms with E-state index in [2.05, 4.69) is 21.0 Å². The first-order valence-electron chi connectivity index (χ1n) is 9.05. The minimum Gasteiger partial charge on any atom is -0.495 e. The molecule has 0 bridgehead atoms. The Labute approximate surface area is 163 Å². The number of aryl methyl sites for hydroxylation is 1. The molecule has 1 heterocycles. The second-order valence-electron chi connectivity index (χ2n) is 6.65. The Morgan fingerprint density at radius 2 is 2.07 bits per heavy atom. The molecule has 9 heteroatoms. The van der Waals surface area contributed by atoms with E-state index in [-0.39, 0.29) is 24.6 Å². The van der Waals surface area contributed by atoms with E-state index in [0.29, 0.717) is 17.0 Å². The number of benzene rings is 1. The van der Waals surface area contributed by atoms with Crippen molar-refractivity contribution < 1.29 is 19.1 Å². The molecule has 28 heavy (non-hydrogen) atoms. The maximum Gasteiger partial charge on any atom is 0.319 e. The monoisotopic (exact) mass is 387 g/mol. The number of hydrogen-bond acceptors (Lipinski definition) is 5. The largest absolute Gasteiger partial charge is 0.495 e. The van der Waals surface area contributed by atoms with Crippen LogP contribution in [-0.4, -0.2) is 48.6 Å². The molecule has 0 radical (unpaired) electrons. The number of hydrogen-bond donors (Lipinski definition) is 3. The van der Waals surface area contributed by atoms with Crippen LogP contribution in [0.15, 0.2) is 30.5 Å². The summed E-state index contributed by atoms with van der Waals surface area (Å²) in [6.45, 7) is 0.286. The molecule has 0 spiro atoms. The van der Waals surface area contributed by atoms with Gasteiger partial charge in [0.2, 0.25) is 0 Å². The lowest BCUT2D eigenvalue weighted by atomic mass is 10.1. The van der Waals surface area contributed by atoms with Gasteiger partial charge in [0.05, 0.1) is 31.1 Å². The number of nitrogens with one attached hydrogen (secondary N) is 3. The Balaban J connectivity index is 1.72. The summed E-state index contributed by atoms with van der Waals surface area (Å²) < 4.78 is 12.2. The van der Waals surface area contributed by atoms with Crippen LogP contribution < -0.4 is 20.7 Å². The topological polar surface area (TPSA) is 107 Å². The van der Waals surface area contributed by atoms with E-state index >= 15 is 0 Å². The molecule has 2 aromatic rings. The second kappa shape index (κ2) is 8.75. The summed E-state index contributed by atoms with van der Waals surface area (Å²) in [6.07, 6.45) is 3.66. The molecule has 1 aromatic heterocycles. The summed E-state index contributed by atoms with van der Waals surface area (Å²) in [5.41, 5.74) is 1.68. The number of anilines is 1. The molecule has 3 rings (SSSR count). The van der Waals surface area contributed by atoms with Gasteiger partial charge in [-0.2, -0.15) is 5.10 Å². The highest BCUT2D eigenvalue weighted by Gasteiger charge is 2.24. The molecular formula is C19H25N5O4. The van der Waals surface area contributed by atoms with Crippen LogP contribution in [0.4, 0.5) is 10.5 Å². The fraction of sp³-hybridized carbons (Fsp3) is 0.421. The van der Waals surface area contributed by atoms with E-state index in [4.69, 9.17) is 9.47 Å². The number of carbonyl (C=O) groups is 2. The summed E-state index contributed by atoms with van der Waals surface area (Å²) >= 11 is 0. The molecule has 0 saturated heterocycles. The minimum absolute atomic E-state index is 0.166. The number of methoxy groups -OCH3 is 2. The van der Waals surface area contributed by atoms with Gasteiger partial charge < -0.3 is 25.4 Å². The number of rotatable bonds is 8. The summed E-state index contributed by atoms with van der Waals surface area (Å²) in [5.74, 6) is 0.294. The molecule has 0 aliphatic heterocycles. The molecule has 3 amide bonds. The number of nitrogens with zero attached hydrogens (tertiary/aromatic N) is 2. The molecule has 1 saturated carbocycles. The second-order valence-corrected chi connectivity index (χ2v) is 6.65. The van der Waals surface area contributed by atoms with Crippen molar-refractivity contribution in [1.29, 1.82) is 0 Å². The highest BCUT2D eigenvalue weighted by atomic mass is 16.5. The Morgan fingerprint density at radius 3 is 2.68 bits per heavy atom. The van der Waals surface area contributed by atoms with Crippen molar-refractivity contribution in [2.45, 2.75) is 24.9 Å². The van der Waals surface area contributed by atoms with Crippen LogP contribution in [0.3, 0.4) is 0 Å². The van der Waals surface area contributed by atoms with Crippen molar-refractivity contribution in [1.82, 2.24) is 20.4 Å². The van der Waals surface area contributed by atoms with Crippen molar-refractivity contribution in [2.24, 2.45) is 7.05 Å². The summed E-state index contributed by atoms with van der Waals surface area (Å²) in [5, 5.41) is 12.7. The maximum absolute atomic E-state index is 12.6. The Morgan fingerprint density at radius 1 is 1.29 bits per heavy atom. The van der Waals surface area contributed by atoms with Crippen LogP contribution in [0.1, 0.15) is 34.9 Å². The van der Waals surface area contributed by atoms with Gasteiger partial charge in [-0.1, -0.05) is 0 Å². The average Bonchev–Trinajstić information content (AvgIpc) is 3.38. The lowest BCUT2D eigenvalue weighted by Crippen LogP contribution is -2.36. The zero-order valence-electron chi connectivity index (χ0n) is 16.2. The molecule has 1 atom stereocenters. The standard InChI is InChI=1S/C19H25N5O4/c1-24-16(8-9-20-24)15(11-27-2)23-19(26)22-14-10-12(4-7-17(14)28-3)18(25)21-13-5-6-13/h4,7-10,13,15H,5-6,11H2,1-3H3,(H,21,25)(H2,22,23,26). The summed E-state index contributed by atoms with van der Waals surface area (Å²) in [7, 11) is 4.86. The Kier molecular flexibility index (Phi) is 6.15. The number of urea groups is 1. The van der Waals surface area contributed by atoms with Gasteiger partial charge >= 0.3 is 6.03 Å². The van der Waals surface area contributed by atoms with E-state index in [1.807, 2.05) is 6.07 Å². The van der Waals surface area contributed by atoms with Gasteiger partial charge in [-0.15, -0.1) is 0 Å². The van der Waals surface area contributed by atoms with Gasteiger partial charge in [-0.05, 0) is 37.1 Å². The molecular weight excluding hydrogens is 362 g/mol. The summed E-state index contributed by atoms with van der Waals surface area (Å²) in [4.78, 5) is 24.9. The maximum atomic E-state index is 12.6. The van der Waals surface area contributed by atoms with Crippen molar-refractivity contribution in [3.63, 3.8) is 0 Å². The average molecular weight is 387 g/mol. The van der Waals surface area contributed by atoms with E-state index < -0.39 is 6.03 Å². The van der Waals surface area contributed by atoms with E-state index in [1.165, 1.54) is 7.11 Å². The molecule has 150 valence electrons. The third kappa shape index (κ3) is 4.80. The number of amides is 3. The first-order valence-corrected chi connectivity index (χ1v) is 9.05. The number of aromatic nitrogens is 2. The molecule has 9 nitrogen and oxygen atoms in total. The Hall–Kier alpha value is -3.07. The van der Waals surface area contributed by atoms with Crippen LogP contribution in [0, 0.1) is 0 Å². The smallest absolute Gasteiger partial charge is 0.319 e. The van der Waals surface area contributed by atoms with Crippen LogP contribution >= 0.6 is 0 Å². The van der Waals surface area contributed by atoms with Gasteiger partial charge in [0.25, 0.3) is 5.91 Å². The highest BCUT2D eigenvalue weighted by Crippen LogP contribution is 2.27. The van der Waals surface area contributed by atoms with Crippen molar-refractivity contribution in [2.75, 3.05) is 26.1 Å². The molecule has 1 fully saturated rings. The lowest BCUT2D eigenvalue weighted by molar-refractivity contribution is 0.0951. The fourth-order valence-corrected chi connectivity index (χ4v) is 2.85. The van der Waals surface area contributed by atoms with Crippen LogP contribution in [-0.2, 0) is 11.8 Å². The van der Waals surface area contributed by atoms with Crippen molar-refractivity contribution >= 4 is 17.6 Å². The predicted molar refractivity (Wildman–Crippen MR) is 103 cm³/mol. The molecule has 1 aromatic carbocycles. The van der Waals surface area contributed by atoms with Gasteiger partial charge in [0.15, 0.2) is 0 Å².